The van der Waals surface area contributed by atoms with E-state index in [1.54, 1.807) is 11.5 Å². The normalized spacial score (nSPS) is 9.86. The van der Waals surface area contributed by atoms with Crippen molar-refractivity contribution in [1.82, 2.24) is 4.57 Å². The lowest BCUT2D eigenvalue weighted by Crippen LogP contribution is -2.32. The van der Waals surface area contributed by atoms with Gasteiger partial charge in [-0.25, -0.2) is 4.57 Å². The Morgan fingerprint density at radius 3 is 3.21 bits per heavy atom. The number of nitrogens with zero attached hydrogens (tertiary/aromatic N) is 3. The van der Waals surface area contributed by atoms with Crippen molar-refractivity contribution >= 4 is 6.21 Å². The van der Waals surface area contributed by atoms with E-state index in [1.807, 2.05) is 24.0 Å². The smallest absolute Gasteiger partial charge is 0.306 e. The molecule has 0 bridgehead atoms. The number of hydrogen-bond donors (Lipinski definition) is 1. The summed E-state index contributed by atoms with van der Waals surface area (Å²) in [7, 11) is 1.85. The maximum Gasteiger partial charge on any atom is 0.306 e. The Kier molecular flexibility index (Phi) is 3.56. The molecule has 0 aliphatic heterocycles. The highest BCUT2D eigenvalue weighted by Crippen LogP contribution is 1.92. The van der Waals surface area contributed by atoms with Gasteiger partial charge in [-0.1, -0.05) is 11.1 Å². The van der Waals surface area contributed by atoms with E-state index in [4.69, 9.17) is 9.94 Å². The predicted molar refractivity (Wildman–Crippen MR) is 49.5 cm³/mol. The average Bonchev–Trinajstić information content (AvgIpc) is 2.51. The minimum Gasteiger partial charge on any atom is -0.411 e. The number of aromatic nitrogens is 2. The van der Waals surface area contributed by atoms with Gasteiger partial charge in [0, 0.05) is 6.92 Å². The molecular formula is C9H12N3O2+. The maximum atomic E-state index is 8.43. The summed E-state index contributed by atoms with van der Waals surface area (Å²) < 4.78 is 8.59. The molecule has 0 aliphatic carbocycles. The van der Waals surface area contributed by atoms with Crippen LogP contribution in [-0.4, -0.2) is 16.0 Å². The summed E-state index contributed by atoms with van der Waals surface area (Å²) in [5.41, 5.74) is 0. The molecule has 0 saturated heterocycles. The van der Waals surface area contributed by atoms with E-state index in [2.05, 4.69) is 17.2 Å². The summed E-state index contributed by atoms with van der Waals surface area (Å²) in [6.07, 6.45) is 7.47. The highest BCUT2D eigenvalue weighted by atomic mass is 16.5. The van der Waals surface area contributed by atoms with Crippen molar-refractivity contribution in [2.75, 3.05) is 0 Å². The fraction of sp³-hybridized carbons (Fsp3) is 0.333. The van der Waals surface area contributed by atoms with Gasteiger partial charge in [-0.05, 0) is 0 Å². The zero-order valence-corrected chi connectivity index (χ0v) is 8.14. The van der Waals surface area contributed by atoms with Gasteiger partial charge in [0.25, 0.3) is 0 Å². The first-order valence-electron chi connectivity index (χ1n) is 4.05. The Bertz CT molecular complexity index is 384. The molecule has 5 heteroatoms. The van der Waals surface area contributed by atoms with Crippen LogP contribution in [0.4, 0.5) is 0 Å². The second kappa shape index (κ2) is 4.92. The molecule has 0 aliphatic rings. The van der Waals surface area contributed by atoms with Crippen molar-refractivity contribution < 1.29 is 14.5 Å². The first-order chi connectivity index (χ1) is 6.79. The third-order valence-corrected chi connectivity index (χ3v) is 1.68. The summed E-state index contributed by atoms with van der Waals surface area (Å²) in [6, 6.07) is 0. The van der Waals surface area contributed by atoms with E-state index >= 15 is 0 Å². The first kappa shape index (κ1) is 10.1. The van der Waals surface area contributed by atoms with Crippen LogP contribution >= 0.6 is 0 Å². The van der Waals surface area contributed by atoms with Crippen molar-refractivity contribution in [3.8, 4) is 12.0 Å². The van der Waals surface area contributed by atoms with Crippen LogP contribution in [0, 0.1) is 12.0 Å². The lowest BCUT2D eigenvalue weighted by molar-refractivity contribution is -0.672. The molecule has 0 spiro atoms. The summed E-state index contributed by atoms with van der Waals surface area (Å²) >= 11 is 0. The number of ether oxygens (including phenoxy) is 1. The molecule has 0 radical (unpaired) electrons. The molecule has 14 heavy (non-hydrogen) atoms. The van der Waals surface area contributed by atoms with Gasteiger partial charge >= 0.3 is 5.82 Å². The zero-order valence-electron chi connectivity index (χ0n) is 8.14. The Hall–Kier alpha value is -1.96. The van der Waals surface area contributed by atoms with Gasteiger partial charge < -0.3 is 9.94 Å². The average molecular weight is 194 g/mol. The van der Waals surface area contributed by atoms with Crippen LogP contribution in [0.3, 0.4) is 0 Å². The summed E-state index contributed by atoms with van der Waals surface area (Å²) in [6.45, 7) is 2.01. The number of imidazole rings is 1. The molecule has 1 aromatic rings. The van der Waals surface area contributed by atoms with Gasteiger partial charge in [0.2, 0.25) is 6.73 Å². The minimum atomic E-state index is 0.309. The number of aryl methyl sites for hydroxylation is 1. The van der Waals surface area contributed by atoms with Crippen LogP contribution < -0.4 is 4.57 Å². The van der Waals surface area contributed by atoms with E-state index in [9.17, 15) is 0 Å². The number of hydrogen-bond acceptors (Lipinski definition) is 3. The van der Waals surface area contributed by atoms with Crippen molar-refractivity contribution in [3.05, 3.63) is 18.2 Å². The van der Waals surface area contributed by atoms with Crippen molar-refractivity contribution in [1.29, 1.82) is 0 Å². The Labute approximate surface area is 82.2 Å². The second-order valence-electron chi connectivity index (χ2n) is 2.61. The van der Waals surface area contributed by atoms with Crippen LogP contribution in [0.2, 0.25) is 0 Å². The van der Waals surface area contributed by atoms with Crippen LogP contribution in [-0.2, 0) is 18.5 Å². The van der Waals surface area contributed by atoms with Crippen molar-refractivity contribution in [2.24, 2.45) is 12.2 Å². The summed E-state index contributed by atoms with van der Waals surface area (Å²) in [5.74, 6) is 3.35. The highest BCUT2D eigenvalue weighted by molar-refractivity contribution is 5.72. The predicted octanol–water partition coefficient (Wildman–Crippen LogP) is 0.0756. The van der Waals surface area contributed by atoms with Gasteiger partial charge in [-0.2, -0.15) is 4.57 Å². The molecule has 1 rings (SSSR count). The third-order valence-electron chi connectivity index (χ3n) is 1.68. The molecule has 0 atom stereocenters. The number of oxime groups is 1. The summed E-state index contributed by atoms with van der Waals surface area (Å²) in [5, 5.41) is 11.4. The Morgan fingerprint density at radius 2 is 2.57 bits per heavy atom. The second-order valence-corrected chi connectivity index (χ2v) is 2.61. The van der Waals surface area contributed by atoms with Gasteiger partial charge in [0.15, 0.2) is 6.21 Å². The zero-order chi connectivity index (χ0) is 10.4. The molecule has 74 valence electrons. The standard InChI is InChI=1S/C9H11N3O2/c1-3-6-14-8-12-5-4-11(2)9(12)7-10-13/h4-5,7H,8H2,1-2H3/p+1. The fourth-order valence-electron chi connectivity index (χ4n) is 1.04. The highest BCUT2D eigenvalue weighted by Gasteiger charge is 2.11. The van der Waals surface area contributed by atoms with E-state index in [1.165, 1.54) is 6.21 Å². The molecule has 1 heterocycles. The van der Waals surface area contributed by atoms with E-state index in [-0.39, 0.29) is 0 Å². The van der Waals surface area contributed by atoms with E-state index in [0.29, 0.717) is 6.73 Å². The van der Waals surface area contributed by atoms with E-state index in [0.717, 1.165) is 5.82 Å². The monoisotopic (exact) mass is 194 g/mol. The molecule has 0 aromatic carbocycles. The molecule has 0 fully saturated rings. The molecule has 5 nitrogen and oxygen atoms in total. The van der Waals surface area contributed by atoms with Crippen LogP contribution in [0.5, 0.6) is 0 Å². The molecule has 0 amide bonds. The van der Waals surface area contributed by atoms with Crippen LogP contribution in [0.1, 0.15) is 12.7 Å². The quantitative estimate of drug-likeness (QED) is 0.243. The Balaban J connectivity index is 2.79. The van der Waals surface area contributed by atoms with Crippen molar-refractivity contribution in [3.63, 3.8) is 0 Å². The molecule has 0 saturated carbocycles. The third kappa shape index (κ3) is 2.26. The van der Waals surface area contributed by atoms with Crippen LogP contribution in [0.15, 0.2) is 17.5 Å². The van der Waals surface area contributed by atoms with Crippen molar-refractivity contribution in [2.45, 2.75) is 13.7 Å². The molecule has 1 N–H and O–H groups in total. The first-order valence-corrected chi connectivity index (χ1v) is 4.05. The van der Waals surface area contributed by atoms with Gasteiger partial charge in [0.1, 0.15) is 18.5 Å². The maximum absolute atomic E-state index is 8.43. The molecular weight excluding hydrogens is 182 g/mol. The van der Waals surface area contributed by atoms with E-state index < -0.39 is 0 Å². The fourth-order valence-corrected chi connectivity index (χ4v) is 1.04. The van der Waals surface area contributed by atoms with Gasteiger partial charge in [-0.3, -0.25) is 0 Å². The Morgan fingerprint density at radius 1 is 1.79 bits per heavy atom. The topological polar surface area (TPSA) is 50.6 Å². The van der Waals surface area contributed by atoms with Gasteiger partial charge in [0.05, 0.1) is 7.05 Å². The SMILES string of the molecule is CC#COCn1cc[n+](C)c1C=NO. The molecule has 1 aromatic heterocycles. The summed E-state index contributed by atoms with van der Waals surface area (Å²) in [4.78, 5) is 0. The van der Waals surface area contributed by atoms with Crippen LogP contribution in [0.25, 0.3) is 0 Å². The minimum absolute atomic E-state index is 0.309. The number of rotatable bonds is 3. The lowest BCUT2D eigenvalue weighted by Gasteiger charge is -1.95. The van der Waals surface area contributed by atoms with Gasteiger partial charge in [-0.15, -0.1) is 0 Å². The molecule has 0 unspecified atom stereocenters. The lowest BCUT2D eigenvalue weighted by atomic mass is 10.6. The largest absolute Gasteiger partial charge is 0.411 e.